The Kier molecular flexibility index (Phi) is 23.3. The Morgan fingerprint density at radius 1 is 0.576 bits per heavy atom. The third-order valence-electron chi connectivity index (χ3n) is 6.76. The fourth-order valence-electron chi connectivity index (χ4n) is 4.48. The molecule has 1 atom stereocenters. The summed E-state index contributed by atoms with van der Waals surface area (Å²) in [7, 11) is 0. The third kappa shape index (κ3) is 22.5. The van der Waals surface area contributed by atoms with Crippen molar-refractivity contribution >= 4 is 11.9 Å². The second-order valence-corrected chi connectivity index (χ2v) is 10.4. The topological polar surface area (TPSA) is 66.4 Å². The maximum absolute atomic E-state index is 11.9. The van der Waals surface area contributed by atoms with Crippen molar-refractivity contribution in [3.8, 4) is 0 Å². The summed E-state index contributed by atoms with van der Waals surface area (Å²) in [5, 5.41) is 11.8. The van der Waals surface area contributed by atoms with Crippen molar-refractivity contribution in [1.29, 1.82) is 0 Å². The van der Waals surface area contributed by atoms with Crippen LogP contribution in [0.5, 0.6) is 0 Å². The minimum Gasteiger partial charge on any atom is -0.480 e. The van der Waals surface area contributed by atoms with E-state index in [2.05, 4.69) is 12.2 Å². The van der Waals surface area contributed by atoms with Gasteiger partial charge in [0, 0.05) is 6.42 Å². The first-order chi connectivity index (χ1) is 16.0. The van der Waals surface area contributed by atoms with Gasteiger partial charge < -0.3 is 10.4 Å². The molecular formula is C29H57NO3. The molecule has 0 aromatic rings. The van der Waals surface area contributed by atoms with E-state index < -0.39 is 12.0 Å². The van der Waals surface area contributed by atoms with E-state index in [0.29, 0.717) is 6.42 Å². The van der Waals surface area contributed by atoms with Crippen molar-refractivity contribution in [3.05, 3.63) is 0 Å². The molecule has 0 unspecified atom stereocenters. The van der Waals surface area contributed by atoms with Gasteiger partial charge in [0.1, 0.15) is 6.04 Å². The van der Waals surface area contributed by atoms with Gasteiger partial charge in [-0.05, 0) is 12.3 Å². The van der Waals surface area contributed by atoms with Crippen molar-refractivity contribution in [2.45, 2.75) is 168 Å². The van der Waals surface area contributed by atoms with Crippen LogP contribution in [0.25, 0.3) is 0 Å². The second-order valence-electron chi connectivity index (χ2n) is 10.4. The molecule has 0 spiro atoms. The number of hydrogen-bond acceptors (Lipinski definition) is 2. The zero-order chi connectivity index (χ0) is 24.6. The molecule has 196 valence electrons. The Balaban J connectivity index is 3.25. The summed E-state index contributed by atoms with van der Waals surface area (Å²) in [6, 6.07) is -0.771. The fourth-order valence-corrected chi connectivity index (χ4v) is 4.48. The van der Waals surface area contributed by atoms with Crippen molar-refractivity contribution in [1.82, 2.24) is 5.32 Å². The number of carbonyl (C=O) groups is 2. The lowest BCUT2D eigenvalue weighted by atomic mass is 10.0. The number of rotatable bonds is 25. The van der Waals surface area contributed by atoms with E-state index in [0.717, 1.165) is 12.8 Å². The minimum atomic E-state index is -0.947. The number of carboxylic acid groups (broad SMARTS) is 1. The van der Waals surface area contributed by atoms with Gasteiger partial charge in [-0.2, -0.15) is 0 Å². The van der Waals surface area contributed by atoms with E-state index in [-0.39, 0.29) is 11.8 Å². The van der Waals surface area contributed by atoms with E-state index in [9.17, 15) is 9.59 Å². The molecular weight excluding hydrogens is 410 g/mol. The maximum atomic E-state index is 11.9. The monoisotopic (exact) mass is 467 g/mol. The van der Waals surface area contributed by atoms with Crippen molar-refractivity contribution in [3.63, 3.8) is 0 Å². The zero-order valence-electron chi connectivity index (χ0n) is 22.5. The number of amides is 1. The molecule has 4 nitrogen and oxygen atoms in total. The molecule has 1 amide bonds. The van der Waals surface area contributed by atoms with Gasteiger partial charge in [0.25, 0.3) is 0 Å². The Morgan fingerprint density at radius 3 is 1.15 bits per heavy atom. The lowest BCUT2D eigenvalue weighted by molar-refractivity contribution is -0.143. The summed E-state index contributed by atoms with van der Waals surface area (Å²) in [6.45, 7) is 5.92. The standard InChI is InChI=1S/C29H57NO3/c1-4-5-6-7-8-9-10-11-12-13-14-15-16-17-18-19-20-21-22-23-24-25-27(31)30-28(26(2)3)29(32)33/h26,28H,4-25H2,1-3H3,(H,30,31)(H,32,33)/t28-/m0/s1. The van der Waals surface area contributed by atoms with Gasteiger partial charge in [-0.3, -0.25) is 4.79 Å². The van der Waals surface area contributed by atoms with Crippen LogP contribution in [0.1, 0.15) is 162 Å². The Morgan fingerprint density at radius 2 is 0.879 bits per heavy atom. The lowest BCUT2D eigenvalue weighted by Crippen LogP contribution is -2.44. The minimum absolute atomic E-state index is 0.0915. The van der Waals surface area contributed by atoms with Crippen LogP contribution >= 0.6 is 0 Å². The summed E-state index contributed by atoms with van der Waals surface area (Å²) in [5.74, 6) is -1.17. The van der Waals surface area contributed by atoms with Crippen molar-refractivity contribution in [2.24, 2.45) is 5.92 Å². The highest BCUT2D eigenvalue weighted by atomic mass is 16.4. The van der Waals surface area contributed by atoms with E-state index in [4.69, 9.17) is 5.11 Å². The molecule has 0 aromatic carbocycles. The molecule has 0 saturated heterocycles. The Hall–Kier alpha value is -1.06. The second kappa shape index (κ2) is 24.1. The largest absolute Gasteiger partial charge is 0.480 e. The first-order valence-corrected chi connectivity index (χ1v) is 14.5. The summed E-state index contributed by atoms with van der Waals surface area (Å²) in [6.07, 6.45) is 28.7. The van der Waals surface area contributed by atoms with Crippen LogP contribution < -0.4 is 5.32 Å². The molecule has 0 rings (SSSR count). The van der Waals surface area contributed by atoms with E-state index in [1.54, 1.807) is 0 Å². The Bertz CT molecular complexity index is 450. The number of nitrogens with one attached hydrogen (secondary N) is 1. The van der Waals surface area contributed by atoms with Crippen LogP contribution in [0.3, 0.4) is 0 Å². The van der Waals surface area contributed by atoms with Gasteiger partial charge in [-0.1, -0.05) is 149 Å². The van der Waals surface area contributed by atoms with Crippen LogP contribution in [0, 0.1) is 5.92 Å². The van der Waals surface area contributed by atoms with Crippen molar-refractivity contribution < 1.29 is 14.7 Å². The number of carbonyl (C=O) groups excluding carboxylic acids is 1. The normalized spacial score (nSPS) is 12.2. The van der Waals surface area contributed by atoms with Gasteiger partial charge in [0.05, 0.1) is 0 Å². The van der Waals surface area contributed by atoms with Gasteiger partial charge >= 0.3 is 5.97 Å². The average molecular weight is 468 g/mol. The van der Waals surface area contributed by atoms with Crippen LogP contribution in [0.4, 0.5) is 0 Å². The molecule has 4 heteroatoms. The molecule has 0 radical (unpaired) electrons. The number of aliphatic carboxylic acids is 1. The molecule has 0 fully saturated rings. The number of carboxylic acids is 1. The fraction of sp³-hybridized carbons (Fsp3) is 0.931. The van der Waals surface area contributed by atoms with Gasteiger partial charge in [-0.15, -0.1) is 0 Å². The zero-order valence-corrected chi connectivity index (χ0v) is 22.5. The van der Waals surface area contributed by atoms with Crippen LogP contribution in [-0.4, -0.2) is 23.0 Å². The molecule has 0 aliphatic heterocycles. The quantitative estimate of drug-likeness (QED) is 0.132. The molecule has 0 aliphatic rings. The molecule has 0 aliphatic carbocycles. The number of unbranched alkanes of at least 4 members (excludes halogenated alkanes) is 20. The first kappa shape index (κ1) is 31.9. The molecule has 0 saturated carbocycles. The van der Waals surface area contributed by atoms with Crippen LogP contribution in [-0.2, 0) is 9.59 Å². The Labute approximate surface area is 206 Å². The maximum Gasteiger partial charge on any atom is 0.326 e. The summed E-state index contributed by atoms with van der Waals surface area (Å²) in [5.41, 5.74) is 0. The predicted octanol–water partition coefficient (Wildman–Crippen LogP) is 8.81. The van der Waals surface area contributed by atoms with Crippen LogP contribution in [0.2, 0.25) is 0 Å². The highest BCUT2D eigenvalue weighted by Crippen LogP contribution is 2.15. The average Bonchev–Trinajstić information content (AvgIpc) is 2.78. The van der Waals surface area contributed by atoms with E-state index >= 15 is 0 Å². The summed E-state index contributed by atoms with van der Waals surface area (Å²) in [4.78, 5) is 23.0. The lowest BCUT2D eigenvalue weighted by Gasteiger charge is -2.17. The molecule has 0 bridgehead atoms. The first-order valence-electron chi connectivity index (χ1n) is 14.5. The van der Waals surface area contributed by atoms with Gasteiger partial charge in [-0.25, -0.2) is 4.79 Å². The summed E-state index contributed by atoms with van der Waals surface area (Å²) < 4.78 is 0. The highest BCUT2D eigenvalue weighted by molar-refractivity contribution is 5.83. The smallest absolute Gasteiger partial charge is 0.326 e. The van der Waals surface area contributed by atoms with Crippen LogP contribution in [0.15, 0.2) is 0 Å². The van der Waals surface area contributed by atoms with E-state index in [1.807, 2.05) is 13.8 Å². The highest BCUT2D eigenvalue weighted by Gasteiger charge is 2.22. The van der Waals surface area contributed by atoms with E-state index in [1.165, 1.54) is 122 Å². The molecule has 2 N–H and O–H groups in total. The summed E-state index contributed by atoms with van der Waals surface area (Å²) >= 11 is 0. The molecule has 33 heavy (non-hydrogen) atoms. The SMILES string of the molecule is CCCCCCCCCCCCCCCCCCCCCCCC(=O)N[C@H](C(=O)O)C(C)C. The van der Waals surface area contributed by atoms with Gasteiger partial charge in [0.15, 0.2) is 0 Å². The number of hydrogen-bond donors (Lipinski definition) is 2. The molecule has 0 heterocycles. The van der Waals surface area contributed by atoms with Crippen molar-refractivity contribution in [2.75, 3.05) is 0 Å². The molecule has 0 aromatic heterocycles. The third-order valence-corrected chi connectivity index (χ3v) is 6.76. The van der Waals surface area contributed by atoms with Gasteiger partial charge in [0.2, 0.25) is 5.91 Å². The predicted molar refractivity (Wildman–Crippen MR) is 142 cm³/mol.